The van der Waals surface area contributed by atoms with Gasteiger partial charge in [-0.3, -0.25) is 10.4 Å². The number of aromatic nitrogens is 3. The number of benzene rings is 2. The molecule has 0 saturated heterocycles. The molecular formula is C32H41N5O4. The van der Waals surface area contributed by atoms with Gasteiger partial charge in [-0.25, -0.2) is 9.78 Å². The molecule has 218 valence electrons. The van der Waals surface area contributed by atoms with E-state index in [2.05, 4.69) is 70.0 Å². The van der Waals surface area contributed by atoms with E-state index in [0.29, 0.717) is 6.61 Å². The standard InChI is InChI=1S/C32H41N5O4/c1-23-10-11-26(31-24(2)35-41-25(31)3)20-29(23)34-37(28-14-12-27(13-15-28)36-18-16-33-22-36)17-8-7-9-19-39-21-30(38)40-32(4,5)6/h10-16,18,20,22,34H,7-9,17,19,21H2,1-6H3. The first kappa shape index (κ1) is 29.9. The predicted molar refractivity (Wildman–Crippen MR) is 161 cm³/mol. The molecule has 0 amide bonds. The minimum Gasteiger partial charge on any atom is -0.458 e. The van der Waals surface area contributed by atoms with Crippen LogP contribution in [0.25, 0.3) is 16.8 Å². The van der Waals surface area contributed by atoms with Gasteiger partial charge in [0.15, 0.2) is 0 Å². The van der Waals surface area contributed by atoms with Gasteiger partial charge in [-0.2, -0.15) is 0 Å². The molecule has 9 nitrogen and oxygen atoms in total. The number of unbranched alkanes of at least 4 members (excludes halogenated alkanes) is 2. The van der Waals surface area contributed by atoms with E-state index in [-0.39, 0.29) is 12.6 Å². The molecule has 0 aliphatic rings. The van der Waals surface area contributed by atoms with Crippen LogP contribution < -0.4 is 10.4 Å². The lowest BCUT2D eigenvalue weighted by Crippen LogP contribution is -2.31. The number of aryl methyl sites for hydroxylation is 3. The maximum atomic E-state index is 11.9. The normalized spacial score (nSPS) is 11.5. The lowest BCUT2D eigenvalue weighted by molar-refractivity contribution is -0.160. The van der Waals surface area contributed by atoms with Crippen LogP contribution in [0.2, 0.25) is 0 Å². The average Bonchev–Trinajstić information content (AvgIpc) is 3.58. The summed E-state index contributed by atoms with van der Waals surface area (Å²) >= 11 is 0. The Morgan fingerprint density at radius 2 is 1.83 bits per heavy atom. The molecule has 2 heterocycles. The fourth-order valence-electron chi connectivity index (χ4n) is 4.58. The molecule has 0 aliphatic heterocycles. The largest absolute Gasteiger partial charge is 0.458 e. The Hall–Kier alpha value is -4.11. The van der Waals surface area contributed by atoms with Crippen LogP contribution in [0, 0.1) is 20.8 Å². The zero-order chi connectivity index (χ0) is 29.4. The van der Waals surface area contributed by atoms with E-state index in [4.69, 9.17) is 14.0 Å². The van der Waals surface area contributed by atoms with E-state index >= 15 is 0 Å². The second-order valence-electron chi connectivity index (χ2n) is 11.2. The van der Waals surface area contributed by atoms with Gasteiger partial charge in [0.1, 0.15) is 18.0 Å². The zero-order valence-corrected chi connectivity index (χ0v) is 24.9. The fourth-order valence-corrected chi connectivity index (χ4v) is 4.58. The first-order chi connectivity index (χ1) is 19.6. The number of nitrogens with zero attached hydrogens (tertiary/aromatic N) is 4. The van der Waals surface area contributed by atoms with Crippen LogP contribution in [0.4, 0.5) is 11.4 Å². The quantitative estimate of drug-likeness (QED) is 0.108. The lowest BCUT2D eigenvalue weighted by Gasteiger charge is -2.28. The second-order valence-corrected chi connectivity index (χ2v) is 11.2. The third-order valence-electron chi connectivity index (χ3n) is 6.59. The Morgan fingerprint density at radius 3 is 2.49 bits per heavy atom. The molecular weight excluding hydrogens is 518 g/mol. The molecule has 0 atom stereocenters. The summed E-state index contributed by atoms with van der Waals surface area (Å²) in [5.74, 6) is 0.472. The third kappa shape index (κ3) is 8.44. The molecule has 0 bridgehead atoms. The maximum absolute atomic E-state index is 11.9. The molecule has 0 saturated carbocycles. The Bertz CT molecular complexity index is 1390. The van der Waals surface area contributed by atoms with Crippen molar-refractivity contribution in [3.8, 4) is 16.8 Å². The summed E-state index contributed by atoms with van der Waals surface area (Å²) in [6, 6.07) is 14.8. The Morgan fingerprint density at radius 1 is 1.05 bits per heavy atom. The molecule has 2 aromatic carbocycles. The van der Waals surface area contributed by atoms with Crippen molar-refractivity contribution in [2.24, 2.45) is 0 Å². The first-order valence-electron chi connectivity index (χ1n) is 14.1. The highest BCUT2D eigenvalue weighted by molar-refractivity contribution is 5.74. The van der Waals surface area contributed by atoms with Crippen molar-refractivity contribution in [3.05, 3.63) is 78.2 Å². The van der Waals surface area contributed by atoms with Gasteiger partial charge in [0.05, 0.1) is 23.4 Å². The molecule has 0 unspecified atom stereocenters. The van der Waals surface area contributed by atoms with Crippen molar-refractivity contribution < 1.29 is 18.8 Å². The van der Waals surface area contributed by atoms with Crippen molar-refractivity contribution in [1.82, 2.24) is 14.7 Å². The van der Waals surface area contributed by atoms with Gasteiger partial charge in [-0.15, -0.1) is 0 Å². The SMILES string of the molecule is Cc1ccc(-c2c(C)noc2C)cc1NN(CCCCCOCC(=O)OC(C)(C)C)c1ccc(-n2ccnc2)cc1. The summed E-state index contributed by atoms with van der Waals surface area (Å²) in [4.78, 5) is 16.0. The number of ether oxygens (including phenoxy) is 2. The summed E-state index contributed by atoms with van der Waals surface area (Å²) < 4.78 is 18.2. The van der Waals surface area contributed by atoms with E-state index in [1.165, 1.54) is 0 Å². The minimum atomic E-state index is -0.501. The summed E-state index contributed by atoms with van der Waals surface area (Å²) in [5, 5.41) is 6.31. The topological polar surface area (TPSA) is 94.6 Å². The van der Waals surface area contributed by atoms with Crippen LogP contribution in [-0.4, -0.2) is 46.0 Å². The number of hydrogen-bond donors (Lipinski definition) is 1. The second kappa shape index (κ2) is 13.5. The third-order valence-corrected chi connectivity index (χ3v) is 6.59. The Kier molecular flexibility index (Phi) is 9.83. The van der Waals surface area contributed by atoms with Gasteiger partial charge in [0.2, 0.25) is 0 Å². The number of carbonyl (C=O) groups excluding carboxylic acids is 1. The lowest BCUT2D eigenvalue weighted by atomic mass is 10.0. The minimum absolute atomic E-state index is 0.0189. The molecule has 0 spiro atoms. The molecule has 0 radical (unpaired) electrons. The molecule has 9 heteroatoms. The number of hydrazine groups is 1. The highest BCUT2D eigenvalue weighted by Crippen LogP contribution is 2.31. The summed E-state index contributed by atoms with van der Waals surface area (Å²) in [5.41, 5.74) is 10.4. The predicted octanol–water partition coefficient (Wildman–Crippen LogP) is 6.81. The Balaban J connectivity index is 1.42. The zero-order valence-electron chi connectivity index (χ0n) is 24.9. The molecule has 1 N–H and O–H groups in total. The van der Waals surface area contributed by atoms with Gasteiger partial charge < -0.3 is 18.6 Å². The van der Waals surface area contributed by atoms with Gasteiger partial charge in [-0.05, 0) is 102 Å². The Labute approximate surface area is 242 Å². The molecule has 4 aromatic rings. The van der Waals surface area contributed by atoms with Crippen LogP contribution in [0.15, 0.2) is 65.7 Å². The van der Waals surface area contributed by atoms with Crippen LogP contribution in [0.1, 0.15) is 57.1 Å². The number of esters is 1. The van der Waals surface area contributed by atoms with Crippen molar-refractivity contribution in [1.29, 1.82) is 0 Å². The summed E-state index contributed by atoms with van der Waals surface area (Å²) in [6.07, 6.45) is 8.25. The number of nitrogens with one attached hydrogen (secondary N) is 1. The van der Waals surface area contributed by atoms with Gasteiger partial charge in [0, 0.05) is 36.8 Å². The molecule has 0 fully saturated rings. The van der Waals surface area contributed by atoms with Crippen LogP contribution >= 0.6 is 0 Å². The average molecular weight is 560 g/mol. The van der Waals surface area contributed by atoms with Crippen LogP contribution in [0.5, 0.6) is 0 Å². The number of hydrogen-bond acceptors (Lipinski definition) is 8. The van der Waals surface area contributed by atoms with Gasteiger partial charge >= 0.3 is 5.97 Å². The van der Waals surface area contributed by atoms with Crippen LogP contribution in [-0.2, 0) is 14.3 Å². The van der Waals surface area contributed by atoms with Gasteiger partial charge in [-0.1, -0.05) is 17.3 Å². The van der Waals surface area contributed by atoms with E-state index in [0.717, 1.165) is 71.0 Å². The highest BCUT2D eigenvalue weighted by atomic mass is 16.6. The first-order valence-corrected chi connectivity index (χ1v) is 14.1. The van der Waals surface area contributed by atoms with E-state index in [1.807, 2.05) is 45.4 Å². The van der Waals surface area contributed by atoms with E-state index < -0.39 is 5.60 Å². The van der Waals surface area contributed by atoms with Gasteiger partial charge in [0.25, 0.3) is 0 Å². The fraction of sp³-hybridized carbons (Fsp3) is 0.406. The van der Waals surface area contributed by atoms with E-state index in [9.17, 15) is 4.79 Å². The molecule has 41 heavy (non-hydrogen) atoms. The maximum Gasteiger partial charge on any atom is 0.332 e. The molecule has 0 aliphatic carbocycles. The van der Waals surface area contributed by atoms with Crippen molar-refractivity contribution in [2.75, 3.05) is 30.2 Å². The molecule has 2 aromatic heterocycles. The number of anilines is 2. The van der Waals surface area contributed by atoms with Crippen molar-refractivity contribution in [2.45, 2.75) is 66.4 Å². The van der Waals surface area contributed by atoms with E-state index in [1.54, 1.807) is 12.5 Å². The highest BCUT2D eigenvalue weighted by Gasteiger charge is 2.17. The summed E-state index contributed by atoms with van der Waals surface area (Å²) in [7, 11) is 0. The molecule has 4 rings (SSSR count). The van der Waals surface area contributed by atoms with Crippen LogP contribution in [0.3, 0.4) is 0 Å². The number of imidazole rings is 1. The van der Waals surface area contributed by atoms with Crippen molar-refractivity contribution in [3.63, 3.8) is 0 Å². The van der Waals surface area contributed by atoms with Crippen molar-refractivity contribution >= 4 is 17.3 Å². The number of carbonyl (C=O) groups is 1. The summed E-state index contributed by atoms with van der Waals surface area (Å²) in [6.45, 7) is 12.8. The monoisotopic (exact) mass is 559 g/mol. The number of rotatable bonds is 13. The smallest absolute Gasteiger partial charge is 0.332 e.